The third-order valence-electron chi connectivity index (χ3n) is 3.33. The number of nitrogens with zero attached hydrogens (tertiary/aromatic N) is 1. The van der Waals surface area contributed by atoms with E-state index < -0.39 is 0 Å². The molecular weight excluding hydrogens is 218 g/mol. The molecule has 1 aliphatic heterocycles. The Labute approximate surface area is 98.1 Å². The van der Waals surface area contributed by atoms with Crippen LogP contribution in [0.25, 0.3) is 11.0 Å². The first-order valence-corrected chi connectivity index (χ1v) is 5.93. The van der Waals surface area contributed by atoms with E-state index in [4.69, 9.17) is 0 Å². The van der Waals surface area contributed by atoms with Crippen LogP contribution in [0.15, 0.2) is 23.0 Å². The van der Waals surface area contributed by atoms with Crippen molar-refractivity contribution < 1.29 is 5.11 Å². The Morgan fingerprint density at radius 3 is 3.00 bits per heavy atom. The van der Waals surface area contributed by atoms with Gasteiger partial charge in [0.1, 0.15) is 11.3 Å². The molecule has 2 heterocycles. The summed E-state index contributed by atoms with van der Waals surface area (Å²) in [6, 6.07) is 5.18. The third-order valence-corrected chi connectivity index (χ3v) is 3.33. The third kappa shape index (κ3) is 1.63. The molecule has 5 heteroatoms. The quantitative estimate of drug-likeness (QED) is 0.695. The molecular formula is C12H15N3O2. The number of fused-ring (bicyclic) bond motifs is 1. The first kappa shape index (κ1) is 10.4. The molecule has 5 nitrogen and oxygen atoms in total. The van der Waals surface area contributed by atoms with Gasteiger partial charge in [0.2, 0.25) is 0 Å². The molecule has 1 aromatic heterocycles. The van der Waals surface area contributed by atoms with Gasteiger partial charge in [-0.25, -0.2) is 4.79 Å². The molecule has 0 radical (unpaired) electrons. The summed E-state index contributed by atoms with van der Waals surface area (Å²) in [5.41, 5.74) is 1.11. The maximum absolute atomic E-state index is 11.9. The predicted molar refractivity (Wildman–Crippen MR) is 65.1 cm³/mol. The van der Waals surface area contributed by atoms with Crippen LogP contribution in [0, 0.1) is 0 Å². The maximum atomic E-state index is 11.9. The van der Waals surface area contributed by atoms with Gasteiger partial charge in [0.25, 0.3) is 0 Å². The lowest BCUT2D eigenvalue weighted by Gasteiger charge is -2.24. The van der Waals surface area contributed by atoms with Crippen LogP contribution in [-0.2, 0) is 0 Å². The minimum atomic E-state index is -0.166. The second kappa shape index (κ2) is 3.92. The van der Waals surface area contributed by atoms with E-state index in [2.05, 4.69) is 10.3 Å². The van der Waals surface area contributed by atoms with Crippen LogP contribution in [0.4, 0.5) is 0 Å². The minimum Gasteiger partial charge on any atom is -0.506 e. The van der Waals surface area contributed by atoms with Gasteiger partial charge in [-0.2, -0.15) is 0 Å². The van der Waals surface area contributed by atoms with Crippen LogP contribution >= 0.6 is 0 Å². The van der Waals surface area contributed by atoms with Gasteiger partial charge in [-0.15, -0.1) is 0 Å². The number of aromatic hydroxyl groups is 1. The van der Waals surface area contributed by atoms with E-state index in [1.54, 1.807) is 16.7 Å². The fourth-order valence-corrected chi connectivity index (χ4v) is 2.50. The van der Waals surface area contributed by atoms with Crippen molar-refractivity contribution in [2.75, 3.05) is 6.54 Å². The molecule has 90 valence electrons. The summed E-state index contributed by atoms with van der Waals surface area (Å²) in [6.07, 6.45) is 3.25. The number of para-hydroxylation sites is 1. The number of hydrogen-bond acceptors (Lipinski definition) is 3. The average molecular weight is 233 g/mol. The van der Waals surface area contributed by atoms with Crippen molar-refractivity contribution in [1.29, 1.82) is 0 Å². The second-order valence-electron chi connectivity index (χ2n) is 4.44. The largest absolute Gasteiger partial charge is 0.506 e. The topological polar surface area (TPSA) is 70.0 Å². The Bertz CT molecular complexity index is 593. The van der Waals surface area contributed by atoms with Crippen molar-refractivity contribution >= 4 is 11.0 Å². The summed E-state index contributed by atoms with van der Waals surface area (Å²) >= 11 is 0. The van der Waals surface area contributed by atoms with Crippen LogP contribution in [0.1, 0.15) is 25.4 Å². The lowest BCUT2D eigenvalue weighted by molar-refractivity contribution is 0.321. The highest BCUT2D eigenvalue weighted by atomic mass is 16.3. The number of phenolic OH excluding ortho intramolecular Hbond substituents is 1. The monoisotopic (exact) mass is 233 g/mol. The number of rotatable bonds is 1. The number of nitrogens with one attached hydrogen (secondary N) is 2. The number of hydrogen-bond donors (Lipinski definition) is 3. The zero-order chi connectivity index (χ0) is 11.8. The number of phenols is 1. The number of benzene rings is 1. The Kier molecular flexibility index (Phi) is 2.40. The van der Waals surface area contributed by atoms with Gasteiger partial charge < -0.3 is 10.1 Å². The molecule has 2 aromatic rings. The molecule has 0 aliphatic carbocycles. The van der Waals surface area contributed by atoms with E-state index in [-0.39, 0.29) is 17.6 Å². The number of H-pyrrole nitrogens is 1. The lowest BCUT2D eigenvalue weighted by atomic mass is 10.1. The van der Waals surface area contributed by atoms with Gasteiger partial charge in [-0.3, -0.25) is 9.88 Å². The molecule has 1 saturated heterocycles. The van der Waals surface area contributed by atoms with Crippen LogP contribution in [0.3, 0.4) is 0 Å². The van der Waals surface area contributed by atoms with E-state index in [0.717, 1.165) is 31.3 Å². The highest BCUT2D eigenvalue weighted by Gasteiger charge is 2.19. The number of piperidine rings is 1. The second-order valence-corrected chi connectivity index (χ2v) is 4.44. The van der Waals surface area contributed by atoms with Gasteiger partial charge >= 0.3 is 5.69 Å². The van der Waals surface area contributed by atoms with Crippen molar-refractivity contribution in [3.63, 3.8) is 0 Å². The predicted octanol–water partition coefficient (Wildman–Crippen LogP) is 1.31. The number of imidazole rings is 1. The van der Waals surface area contributed by atoms with Crippen molar-refractivity contribution in [1.82, 2.24) is 14.9 Å². The molecule has 3 N–H and O–H groups in total. The van der Waals surface area contributed by atoms with Crippen molar-refractivity contribution in [2.24, 2.45) is 0 Å². The van der Waals surface area contributed by atoms with Gasteiger partial charge in [-0.05, 0) is 37.9 Å². The first-order chi connectivity index (χ1) is 8.27. The van der Waals surface area contributed by atoms with Gasteiger partial charge in [-0.1, -0.05) is 6.07 Å². The Morgan fingerprint density at radius 1 is 1.35 bits per heavy atom. The molecule has 0 amide bonds. The lowest BCUT2D eigenvalue weighted by Crippen LogP contribution is -2.36. The summed E-state index contributed by atoms with van der Waals surface area (Å²) in [5.74, 6) is 0.120. The summed E-state index contributed by atoms with van der Waals surface area (Å²) < 4.78 is 1.70. The van der Waals surface area contributed by atoms with Gasteiger partial charge in [0.05, 0.1) is 11.7 Å². The zero-order valence-electron chi connectivity index (χ0n) is 9.44. The molecule has 1 unspecified atom stereocenters. The molecule has 1 aliphatic rings. The highest BCUT2D eigenvalue weighted by molar-refractivity contribution is 5.81. The van der Waals surface area contributed by atoms with E-state index in [1.165, 1.54) is 0 Å². The SMILES string of the molecule is O=c1[nH]c2c(O)cccc2n1C1CCCCN1. The van der Waals surface area contributed by atoms with Gasteiger partial charge in [0, 0.05) is 0 Å². The molecule has 0 spiro atoms. The van der Waals surface area contributed by atoms with Gasteiger partial charge in [0.15, 0.2) is 0 Å². The zero-order valence-corrected chi connectivity index (χ0v) is 9.44. The first-order valence-electron chi connectivity index (χ1n) is 5.93. The van der Waals surface area contributed by atoms with Crippen molar-refractivity contribution in [3.05, 3.63) is 28.7 Å². The smallest absolute Gasteiger partial charge is 0.327 e. The highest BCUT2D eigenvalue weighted by Crippen LogP contribution is 2.25. The fourth-order valence-electron chi connectivity index (χ4n) is 2.50. The van der Waals surface area contributed by atoms with E-state index in [0.29, 0.717) is 5.52 Å². The standard InChI is InChI=1S/C12H15N3O2/c16-9-5-3-4-8-11(9)14-12(17)15(8)10-6-1-2-7-13-10/h3-5,10,13,16H,1-2,6-7H2,(H,14,17). The number of aromatic amines is 1. The number of aromatic nitrogens is 2. The summed E-state index contributed by atoms with van der Waals surface area (Å²) in [4.78, 5) is 14.7. The molecule has 3 rings (SSSR count). The van der Waals surface area contributed by atoms with Crippen LogP contribution < -0.4 is 11.0 Å². The summed E-state index contributed by atoms with van der Waals surface area (Å²) in [7, 11) is 0. The maximum Gasteiger partial charge on any atom is 0.327 e. The van der Waals surface area contributed by atoms with Crippen molar-refractivity contribution in [2.45, 2.75) is 25.4 Å². The van der Waals surface area contributed by atoms with Crippen LogP contribution in [-0.4, -0.2) is 21.2 Å². The molecule has 1 aromatic carbocycles. The van der Waals surface area contributed by atoms with E-state index in [1.807, 2.05) is 6.07 Å². The van der Waals surface area contributed by atoms with Crippen molar-refractivity contribution in [3.8, 4) is 5.75 Å². The van der Waals surface area contributed by atoms with E-state index >= 15 is 0 Å². The molecule has 17 heavy (non-hydrogen) atoms. The molecule has 0 saturated carbocycles. The molecule has 0 bridgehead atoms. The average Bonchev–Trinajstić information content (AvgIpc) is 2.68. The van der Waals surface area contributed by atoms with Crippen LogP contribution in [0.2, 0.25) is 0 Å². The Hall–Kier alpha value is -1.75. The summed E-state index contributed by atoms with van der Waals surface area (Å²) in [6.45, 7) is 0.933. The molecule has 1 atom stereocenters. The van der Waals surface area contributed by atoms with Crippen LogP contribution in [0.5, 0.6) is 5.75 Å². The Balaban J connectivity index is 2.18. The Morgan fingerprint density at radius 2 is 2.24 bits per heavy atom. The fraction of sp³-hybridized carbons (Fsp3) is 0.417. The minimum absolute atomic E-state index is 0.0341. The normalized spacial score (nSPS) is 20.8. The molecule has 1 fully saturated rings. The van der Waals surface area contributed by atoms with E-state index in [9.17, 15) is 9.90 Å². The summed E-state index contributed by atoms with van der Waals surface area (Å²) in [5, 5.41) is 13.0.